The Kier molecular flexibility index (Phi) is 2.97. The van der Waals surface area contributed by atoms with Crippen molar-refractivity contribution in [3.05, 3.63) is 4.91 Å². The summed E-state index contributed by atoms with van der Waals surface area (Å²) < 4.78 is 4.59. The number of carbonyl (C=O) groups is 1. The van der Waals surface area contributed by atoms with Gasteiger partial charge in [-0.3, -0.25) is 5.32 Å². The predicted octanol–water partition coefficient (Wildman–Crippen LogP) is 0.00550. The maximum atomic E-state index is 10.5. The van der Waals surface area contributed by atoms with E-state index in [9.17, 15) is 9.70 Å². The molecule has 5 heteroatoms. The molecule has 1 rings (SSSR count). The maximum absolute atomic E-state index is 10.5. The minimum atomic E-state index is -0.576. The van der Waals surface area contributed by atoms with Crippen LogP contribution in [0.1, 0.15) is 12.8 Å². The van der Waals surface area contributed by atoms with Crippen LogP contribution in [0.2, 0.25) is 0 Å². The summed E-state index contributed by atoms with van der Waals surface area (Å²) in [6.07, 6.45) is 2.28. The van der Waals surface area contributed by atoms with Gasteiger partial charge in [-0.15, -0.1) is 0 Å². The van der Waals surface area contributed by atoms with Gasteiger partial charge in [-0.25, -0.2) is 4.79 Å². The fourth-order valence-corrected chi connectivity index (χ4v) is 0.626. The quantitative estimate of drug-likeness (QED) is 0.347. The average molecular weight is 158 g/mol. The molecule has 0 aromatic rings. The molecule has 62 valence electrons. The van der Waals surface area contributed by atoms with E-state index in [1.54, 1.807) is 0 Å². The molecular formula is C6H10N2O3. The van der Waals surface area contributed by atoms with E-state index in [1.807, 2.05) is 0 Å². The largest absolute Gasteiger partial charge is 0.448 e. The van der Waals surface area contributed by atoms with Gasteiger partial charge in [0.15, 0.2) is 6.54 Å². The van der Waals surface area contributed by atoms with Crippen LogP contribution in [0, 0.1) is 4.91 Å². The minimum absolute atomic E-state index is 0.193. The van der Waals surface area contributed by atoms with Crippen LogP contribution < -0.4 is 5.32 Å². The highest BCUT2D eigenvalue weighted by Gasteiger charge is 2.20. The molecule has 1 aliphatic rings. The van der Waals surface area contributed by atoms with E-state index in [0.717, 1.165) is 12.8 Å². The third-order valence-corrected chi connectivity index (χ3v) is 1.38. The minimum Gasteiger partial charge on any atom is -0.448 e. The molecule has 1 saturated carbocycles. The first-order chi connectivity index (χ1) is 5.33. The number of carbonyl (C=O) groups excluding carboxylic acids is 1. The van der Waals surface area contributed by atoms with Gasteiger partial charge in [0.2, 0.25) is 0 Å². The number of nitroso groups, excluding NO2 is 1. The van der Waals surface area contributed by atoms with E-state index in [0.29, 0.717) is 6.04 Å². The first kappa shape index (κ1) is 8.13. The lowest BCUT2D eigenvalue weighted by molar-refractivity contribution is -0.142. The first-order valence-corrected chi connectivity index (χ1v) is 3.51. The van der Waals surface area contributed by atoms with Crippen molar-refractivity contribution < 1.29 is 9.53 Å². The van der Waals surface area contributed by atoms with Gasteiger partial charge in [0.25, 0.3) is 0 Å². The van der Waals surface area contributed by atoms with Crippen molar-refractivity contribution >= 4 is 5.97 Å². The normalized spacial score (nSPS) is 16.0. The summed E-state index contributed by atoms with van der Waals surface area (Å²) in [5.41, 5.74) is 0. The summed E-state index contributed by atoms with van der Waals surface area (Å²) in [4.78, 5) is 20.0. The summed E-state index contributed by atoms with van der Waals surface area (Å²) in [6, 6.07) is 0.506. The van der Waals surface area contributed by atoms with Gasteiger partial charge < -0.3 is 4.74 Å². The summed E-state index contributed by atoms with van der Waals surface area (Å²) >= 11 is 0. The molecule has 1 fully saturated rings. The van der Waals surface area contributed by atoms with Gasteiger partial charge in [0.1, 0.15) is 6.73 Å². The Morgan fingerprint density at radius 2 is 2.36 bits per heavy atom. The predicted molar refractivity (Wildman–Crippen MR) is 37.8 cm³/mol. The molecule has 0 spiro atoms. The SMILES string of the molecule is O=NCC(=O)OCNC1CC1. The Balaban J connectivity index is 1.92. The van der Waals surface area contributed by atoms with Crippen molar-refractivity contribution in [2.24, 2.45) is 5.18 Å². The third-order valence-electron chi connectivity index (χ3n) is 1.38. The van der Waals surface area contributed by atoms with E-state index < -0.39 is 12.5 Å². The van der Waals surface area contributed by atoms with Crippen LogP contribution in [0.25, 0.3) is 0 Å². The van der Waals surface area contributed by atoms with Crippen LogP contribution in [-0.4, -0.2) is 25.3 Å². The molecule has 0 atom stereocenters. The Morgan fingerprint density at radius 3 is 2.91 bits per heavy atom. The van der Waals surface area contributed by atoms with Crippen molar-refractivity contribution in [2.75, 3.05) is 13.3 Å². The highest BCUT2D eigenvalue weighted by Crippen LogP contribution is 2.17. The summed E-state index contributed by atoms with van der Waals surface area (Å²) in [6.45, 7) is -0.203. The lowest BCUT2D eigenvalue weighted by atomic mass is 10.7. The molecule has 0 radical (unpaired) electrons. The van der Waals surface area contributed by atoms with Crippen LogP contribution in [0.4, 0.5) is 0 Å². The molecule has 0 amide bonds. The van der Waals surface area contributed by atoms with Gasteiger partial charge in [0, 0.05) is 6.04 Å². The van der Waals surface area contributed by atoms with Crippen molar-refractivity contribution in [3.63, 3.8) is 0 Å². The second kappa shape index (κ2) is 4.02. The van der Waals surface area contributed by atoms with E-state index in [2.05, 4.69) is 15.2 Å². The second-order valence-corrected chi connectivity index (χ2v) is 2.43. The molecule has 11 heavy (non-hydrogen) atoms. The Labute approximate surface area is 64.1 Å². The van der Waals surface area contributed by atoms with Crippen LogP contribution in [0.5, 0.6) is 0 Å². The summed E-state index contributed by atoms with van der Waals surface area (Å²) in [5.74, 6) is -0.576. The zero-order valence-electron chi connectivity index (χ0n) is 6.08. The molecule has 0 heterocycles. The first-order valence-electron chi connectivity index (χ1n) is 3.51. The van der Waals surface area contributed by atoms with Gasteiger partial charge in [-0.05, 0) is 12.8 Å². The van der Waals surface area contributed by atoms with Crippen LogP contribution in [0.15, 0.2) is 5.18 Å². The van der Waals surface area contributed by atoms with E-state index in [-0.39, 0.29) is 6.73 Å². The summed E-state index contributed by atoms with van der Waals surface area (Å²) in [5, 5.41) is 5.36. The fourth-order valence-electron chi connectivity index (χ4n) is 0.626. The average Bonchev–Trinajstić information content (AvgIpc) is 2.72. The number of rotatable bonds is 5. The number of nitrogens with zero attached hydrogens (tertiary/aromatic N) is 1. The number of hydrogen-bond donors (Lipinski definition) is 1. The van der Waals surface area contributed by atoms with Gasteiger partial charge in [-0.2, -0.15) is 4.91 Å². The molecule has 0 aromatic heterocycles. The second-order valence-electron chi connectivity index (χ2n) is 2.43. The molecule has 0 saturated heterocycles. The van der Waals surface area contributed by atoms with Gasteiger partial charge >= 0.3 is 5.97 Å². The molecule has 0 bridgehead atoms. The smallest absolute Gasteiger partial charge is 0.332 e. The molecule has 0 aromatic carbocycles. The summed E-state index contributed by atoms with van der Waals surface area (Å²) in [7, 11) is 0. The van der Waals surface area contributed by atoms with Gasteiger partial charge in [-0.1, -0.05) is 5.18 Å². The van der Waals surface area contributed by atoms with Crippen LogP contribution in [-0.2, 0) is 9.53 Å². The molecule has 1 aliphatic carbocycles. The molecule has 1 N–H and O–H groups in total. The Bertz CT molecular complexity index is 156. The van der Waals surface area contributed by atoms with Gasteiger partial charge in [0.05, 0.1) is 0 Å². The topological polar surface area (TPSA) is 67.8 Å². The number of esters is 1. The van der Waals surface area contributed by atoms with E-state index >= 15 is 0 Å². The van der Waals surface area contributed by atoms with E-state index in [4.69, 9.17) is 0 Å². The number of hydrogen-bond acceptors (Lipinski definition) is 5. The van der Waals surface area contributed by atoms with Crippen LogP contribution in [0.3, 0.4) is 0 Å². The number of nitrogens with one attached hydrogen (secondary N) is 1. The van der Waals surface area contributed by atoms with Crippen molar-refractivity contribution in [3.8, 4) is 0 Å². The van der Waals surface area contributed by atoms with E-state index in [1.165, 1.54) is 0 Å². The maximum Gasteiger partial charge on any atom is 0.332 e. The lowest BCUT2D eigenvalue weighted by Gasteiger charge is -2.01. The molecular weight excluding hydrogens is 148 g/mol. The standard InChI is InChI=1S/C6H10N2O3/c9-6(3-8-10)11-4-7-5-1-2-5/h5,7H,1-4H2. The highest BCUT2D eigenvalue weighted by molar-refractivity contribution is 5.71. The molecule has 5 nitrogen and oxygen atoms in total. The Hall–Kier alpha value is -0.970. The Morgan fingerprint density at radius 1 is 1.64 bits per heavy atom. The number of ether oxygens (including phenoxy) is 1. The fraction of sp³-hybridized carbons (Fsp3) is 0.833. The highest BCUT2D eigenvalue weighted by atomic mass is 16.5. The molecule has 0 unspecified atom stereocenters. The lowest BCUT2D eigenvalue weighted by Crippen LogP contribution is -2.23. The van der Waals surface area contributed by atoms with Crippen LogP contribution >= 0.6 is 0 Å². The van der Waals surface area contributed by atoms with Crippen molar-refractivity contribution in [1.29, 1.82) is 0 Å². The molecule has 0 aliphatic heterocycles. The third kappa shape index (κ3) is 3.67. The van der Waals surface area contributed by atoms with Crippen molar-refractivity contribution in [2.45, 2.75) is 18.9 Å². The zero-order chi connectivity index (χ0) is 8.10. The monoisotopic (exact) mass is 158 g/mol. The zero-order valence-corrected chi connectivity index (χ0v) is 6.08. The van der Waals surface area contributed by atoms with Crippen molar-refractivity contribution in [1.82, 2.24) is 5.32 Å².